The van der Waals surface area contributed by atoms with Gasteiger partial charge >= 0.3 is 0 Å². The van der Waals surface area contributed by atoms with Gasteiger partial charge in [-0.2, -0.15) is 0 Å². The van der Waals surface area contributed by atoms with Gasteiger partial charge in [0.15, 0.2) is 0 Å². The first kappa shape index (κ1) is 15.6. The lowest BCUT2D eigenvalue weighted by Crippen LogP contribution is -2.03. The molecule has 1 atom stereocenters. The van der Waals surface area contributed by atoms with Gasteiger partial charge in [-0.3, -0.25) is 0 Å². The minimum atomic E-state index is 0.623. The molecule has 0 aromatic carbocycles. The van der Waals surface area contributed by atoms with Crippen molar-refractivity contribution in [3.63, 3.8) is 0 Å². The van der Waals surface area contributed by atoms with E-state index in [9.17, 15) is 0 Å². The Balaban J connectivity index is 1.73. The first-order valence-electron chi connectivity index (χ1n) is 8.61. The highest BCUT2D eigenvalue weighted by Crippen LogP contribution is 2.39. The lowest BCUT2D eigenvalue weighted by atomic mass is 9.90. The van der Waals surface area contributed by atoms with Crippen LogP contribution in [0.15, 0.2) is 48.6 Å². The molecule has 0 aliphatic heterocycles. The molecule has 0 fully saturated rings. The van der Waals surface area contributed by atoms with Crippen molar-refractivity contribution >= 4 is 8.19 Å². The second-order valence-corrected chi connectivity index (χ2v) is 8.09. The molecule has 1 heteroatoms. The highest BCUT2D eigenvalue weighted by Gasteiger charge is 2.19. The van der Waals surface area contributed by atoms with Gasteiger partial charge in [-0.05, 0) is 79.5 Å². The SMILES string of the molecule is C=CCc1[pH]c(C/C(C)=C/CC2C=CC=C2)c2c1CCCC2. The molecule has 2 aliphatic rings. The van der Waals surface area contributed by atoms with Crippen LogP contribution in [0.25, 0.3) is 0 Å². The second kappa shape index (κ2) is 7.34. The van der Waals surface area contributed by atoms with Gasteiger partial charge in [0, 0.05) is 0 Å². The number of hydrogen-bond donors (Lipinski definition) is 0. The van der Waals surface area contributed by atoms with Crippen molar-refractivity contribution in [2.45, 2.75) is 51.9 Å². The Kier molecular flexibility index (Phi) is 5.21. The first-order valence-corrected chi connectivity index (χ1v) is 9.61. The van der Waals surface area contributed by atoms with Crippen molar-refractivity contribution in [2.75, 3.05) is 0 Å². The van der Waals surface area contributed by atoms with Gasteiger partial charge in [0.25, 0.3) is 0 Å². The molecule has 116 valence electrons. The standard InChI is InChI=1S/C21H27P/c1-3-8-20-18-11-6-7-12-19(18)21(22-20)15-16(2)13-14-17-9-4-5-10-17/h3-5,9-10,13,17,22H,1,6-8,11-12,14-15H2,2H3/b16-13+. The van der Waals surface area contributed by atoms with Gasteiger partial charge in [0.2, 0.25) is 0 Å². The lowest BCUT2D eigenvalue weighted by molar-refractivity contribution is 0.682. The fourth-order valence-corrected chi connectivity index (χ4v) is 5.53. The summed E-state index contributed by atoms with van der Waals surface area (Å²) in [6.45, 7) is 6.26. The topological polar surface area (TPSA) is 0 Å². The molecule has 1 aromatic heterocycles. The van der Waals surface area contributed by atoms with Crippen molar-refractivity contribution in [1.29, 1.82) is 0 Å². The fraction of sp³-hybridized carbons (Fsp3) is 0.429. The number of hydrogen-bond acceptors (Lipinski definition) is 0. The Hall–Kier alpha value is -1.26. The van der Waals surface area contributed by atoms with Crippen LogP contribution in [0.3, 0.4) is 0 Å². The Morgan fingerprint density at radius 1 is 1.18 bits per heavy atom. The van der Waals surface area contributed by atoms with E-state index in [-0.39, 0.29) is 0 Å². The van der Waals surface area contributed by atoms with Gasteiger partial charge in [0.05, 0.1) is 0 Å². The van der Waals surface area contributed by atoms with Crippen LogP contribution in [-0.4, -0.2) is 0 Å². The third kappa shape index (κ3) is 3.55. The van der Waals surface area contributed by atoms with E-state index < -0.39 is 0 Å². The molecule has 1 unspecified atom stereocenters. The normalized spacial score (nSPS) is 18.3. The van der Waals surface area contributed by atoms with Crippen molar-refractivity contribution in [2.24, 2.45) is 5.92 Å². The molecule has 0 saturated heterocycles. The van der Waals surface area contributed by atoms with Crippen LogP contribution >= 0.6 is 8.19 Å². The highest BCUT2D eigenvalue weighted by molar-refractivity contribution is 7.32. The third-order valence-corrected chi connectivity index (χ3v) is 6.46. The molecule has 0 spiro atoms. The van der Waals surface area contributed by atoms with E-state index in [1.54, 1.807) is 27.3 Å². The fourth-order valence-electron chi connectivity index (χ4n) is 3.70. The Morgan fingerprint density at radius 2 is 1.86 bits per heavy atom. The molecule has 22 heavy (non-hydrogen) atoms. The maximum absolute atomic E-state index is 3.95. The monoisotopic (exact) mass is 310 g/mol. The van der Waals surface area contributed by atoms with Crippen LogP contribution in [0.5, 0.6) is 0 Å². The van der Waals surface area contributed by atoms with Gasteiger partial charge in [-0.25, -0.2) is 0 Å². The zero-order valence-corrected chi connectivity index (χ0v) is 14.7. The largest absolute Gasteiger partial charge is 0.132 e. The van der Waals surface area contributed by atoms with Crippen molar-refractivity contribution < 1.29 is 0 Å². The Morgan fingerprint density at radius 3 is 2.55 bits per heavy atom. The van der Waals surface area contributed by atoms with E-state index in [0.29, 0.717) is 5.92 Å². The Labute approximate surface area is 136 Å². The predicted octanol–water partition coefficient (Wildman–Crippen LogP) is 5.95. The van der Waals surface area contributed by atoms with E-state index in [2.05, 4.69) is 50.0 Å². The number of allylic oxidation sites excluding steroid dienone is 7. The van der Waals surface area contributed by atoms with Crippen LogP contribution in [-0.2, 0) is 25.7 Å². The smallest absolute Gasteiger partial charge is 0.00126 e. The number of fused-ring (bicyclic) bond motifs is 1. The maximum atomic E-state index is 3.95. The van der Waals surface area contributed by atoms with Crippen LogP contribution < -0.4 is 0 Å². The van der Waals surface area contributed by atoms with Crippen LogP contribution in [0, 0.1) is 5.92 Å². The molecule has 1 aromatic rings. The summed E-state index contributed by atoms with van der Waals surface area (Å²) in [5, 5.41) is 3.42. The van der Waals surface area contributed by atoms with Crippen molar-refractivity contribution in [1.82, 2.24) is 0 Å². The van der Waals surface area contributed by atoms with E-state index in [0.717, 1.165) is 21.0 Å². The molecular formula is C21H27P. The van der Waals surface area contributed by atoms with Crippen LogP contribution in [0.2, 0.25) is 0 Å². The average molecular weight is 310 g/mol. The molecule has 0 bridgehead atoms. The van der Waals surface area contributed by atoms with Crippen molar-refractivity contribution in [3.05, 3.63) is 70.3 Å². The average Bonchev–Trinajstić information content (AvgIpc) is 3.15. The minimum absolute atomic E-state index is 0.623. The maximum Gasteiger partial charge on any atom is -0.00126 e. The predicted molar refractivity (Wildman–Crippen MR) is 100 cm³/mol. The highest BCUT2D eigenvalue weighted by atomic mass is 31.0. The van der Waals surface area contributed by atoms with Crippen LogP contribution in [0.1, 0.15) is 47.9 Å². The molecule has 0 amide bonds. The quantitative estimate of drug-likeness (QED) is 0.570. The summed E-state index contributed by atoms with van der Waals surface area (Å²) in [6.07, 6.45) is 22.3. The molecule has 0 radical (unpaired) electrons. The summed E-state index contributed by atoms with van der Waals surface area (Å²) in [5.41, 5.74) is 5.00. The van der Waals surface area contributed by atoms with E-state index in [1.807, 2.05) is 0 Å². The van der Waals surface area contributed by atoms with Gasteiger partial charge < -0.3 is 0 Å². The summed E-state index contributed by atoms with van der Waals surface area (Å²) in [4.78, 5) is 0. The minimum Gasteiger partial charge on any atom is -0.132 e. The zero-order valence-electron chi connectivity index (χ0n) is 13.7. The Bertz CT molecular complexity index is 613. The molecule has 3 rings (SSSR count). The summed E-state index contributed by atoms with van der Waals surface area (Å²) >= 11 is 0. The molecule has 1 heterocycles. The van der Waals surface area contributed by atoms with Crippen LogP contribution in [0.4, 0.5) is 0 Å². The van der Waals surface area contributed by atoms with Gasteiger partial charge in [-0.15, -0.1) is 14.8 Å². The summed E-state index contributed by atoms with van der Waals surface area (Å²) < 4.78 is 0. The summed E-state index contributed by atoms with van der Waals surface area (Å²) in [6, 6.07) is 0. The lowest BCUT2D eigenvalue weighted by Gasteiger charge is -2.15. The summed E-state index contributed by atoms with van der Waals surface area (Å²) in [7, 11) is 0.936. The first-order chi connectivity index (χ1) is 10.8. The molecular weight excluding hydrogens is 283 g/mol. The second-order valence-electron chi connectivity index (χ2n) is 6.64. The number of rotatable bonds is 6. The van der Waals surface area contributed by atoms with E-state index >= 15 is 0 Å². The molecule has 2 aliphatic carbocycles. The van der Waals surface area contributed by atoms with Gasteiger partial charge in [-0.1, -0.05) is 42.0 Å². The van der Waals surface area contributed by atoms with E-state index in [4.69, 9.17) is 0 Å². The van der Waals surface area contributed by atoms with Crippen molar-refractivity contribution in [3.8, 4) is 0 Å². The molecule has 0 nitrogen and oxygen atoms in total. The third-order valence-electron chi connectivity index (χ3n) is 4.87. The van der Waals surface area contributed by atoms with E-state index in [1.165, 1.54) is 32.1 Å². The summed E-state index contributed by atoms with van der Waals surface area (Å²) in [5.74, 6) is 0.623. The molecule has 0 N–H and O–H groups in total. The molecule has 0 saturated carbocycles. The zero-order chi connectivity index (χ0) is 15.4. The van der Waals surface area contributed by atoms with Gasteiger partial charge in [0.1, 0.15) is 0 Å².